The van der Waals surface area contributed by atoms with E-state index in [0.717, 1.165) is 22.4 Å². The molecule has 0 fully saturated rings. The fourth-order valence-electron chi connectivity index (χ4n) is 3.07. The molecule has 27 heavy (non-hydrogen) atoms. The van der Waals surface area contributed by atoms with Gasteiger partial charge in [-0.05, 0) is 36.3 Å². The molecule has 1 amide bonds. The predicted molar refractivity (Wildman–Crippen MR) is 111 cm³/mol. The van der Waals surface area contributed by atoms with E-state index in [0.29, 0.717) is 16.6 Å². The normalized spacial score (nSPS) is 15.3. The largest absolute Gasteiger partial charge is 0.282 e. The highest BCUT2D eigenvalue weighted by Crippen LogP contribution is 2.32. The van der Waals surface area contributed by atoms with Gasteiger partial charge >= 0.3 is 0 Å². The van der Waals surface area contributed by atoms with Crippen LogP contribution in [0.5, 0.6) is 0 Å². The average molecular weight is 373 g/mol. The summed E-state index contributed by atoms with van der Waals surface area (Å²) in [5.41, 5.74) is 3.80. The van der Waals surface area contributed by atoms with Crippen LogP contribution in [-0.4, -0.2) is 11.7 Å². The molecule has 0 atom stereocenters. The quantitative estimate of drug-likeness (QED) is 0.560. The van der Waals surface area contributed by atoms with E-state index in [1.165, 1.54) is 0 Å². The Hall–Kier alpha value is -3.17. The van der Waals surface area contributed by atoms with E-state index >= 15 is 0 Å². The van der Waals surface area contributed by atoms with Gasteiger partial charge in [0.05, 0.1) is 5.69 Å². The molecule has 3 aromatic rings. The van der Waals surface area contributed by atoms with Gasteiger partial charge in [0.15, 0.2) is 0 Å². The van der Waals surface area contributed by atoms with E-state index in [2.05, 4.69) is 4.99 Å². The van der Waals surface area contributed by atoms with Crippen LogP contribution in [0, 0.1) is 6.92 Å². The van der Waals surface area contributed by atoms with Gasteiger partial charge in [-0.15, -0.1) is 0 Å². The maximum absolute atomic E-state index is 13.3. The van der Waals surface area contributed by atoms with Gasteiger partial charge in [-0.1, -0.05) is 78.3 Å². The molecule has 0 aromatic heterocycles. The Morgan fingerprint density at radius 2 is 1.56 bits per heavy atom. The number of amides is 1. The number of anilines is 1. The minimum Gasteiger partial charge on any atom is -0.266 e. The first-order valence-electron chi connectivity index (χ1n) is 8.65. The second-order valence-electron chi connectivity index (χ2n) is 6.27. The fourth-order valence-corrected chi connectivity index (χ4v) is 3.24. The number of nitrogens with zero attached hydrogens (tertiary/aromatic N) is 2. The SMILES string of the molecule is Cc1c(Cl)cccc1N1C(=O)C(=Cc2ccccc2)N=C1c1ccccc1. The van der Waals surface area contributed by atoms with E-state index < -0.39 is 0 Å². The van der Waals surface area contributed by atoms with Gasteiger partial charge in [0, 0.05) is 10.6 Å². The molecule has 0 saturated carbocycles. The molecule has 0 N–H and O–H groups in total. The number of benzene rings is 3. The first-order valence-corrected chi connectivity index (χ1v) is 9.03. The van der Waals surface area contributed by atoms with Gasteiger partial charge in [0.2, 0.25) is 0 Å². The van der Waals surface area contributed by atoms with Crippen molar-refractivity contribution in [3.8, 4) is 0 Å². The molecule has 0 unspecified atom stereocenters. The summed E-state index contributed by atoms with van der Waals surface area (Å²) in [5, 5.41) is 0.619. The molecule has 0 bridgehead atoms. The molecule has 1 aliphatic heterocycles. The number of rotatable bonds is 3. The summed E-state index contributed by atoms with van der Waals surface area (Å²) in [7, 11) is 0. The Balaban J connectivity index is 1.87. The highest BCUT2D eigenvalue weighted by atomic mass is 35.5. The summed E-state index contributed by atoms with van der Waals surface area (Å²) < 4.78 is 0. The molecule has 1 heterocycles. The zero-order valence-corrected chi connectivity index (χ0v) is 15.5. The Labute approximate surface area is 163 Å². The van der Waals surface area contributed by atoms with Crippen molar-refractivity contribution >= 4 is 35.1 Å². The average Bonchev–Trinajstić information content (AvgIpc) is 3.02. The number of hydrogen-bond donors (Lipinski definition) is 0. The summed E-state index contributed by atoms with van der Waals surface area (Å²) in [4.78, 5) is 19.6. The van der Waals surface area contributed by atoms with E-state index in [4.69, 9.17) is 11.6 Å². The van der Waals surface area contributed by atoms with Gasteiger partial charge in [-0.2, -0.15) is 0 Å². The number of halogens is 1. The zero-order chi connectivity index (χ0) is 18.8. The van der Waals surface area contributed by atoms with Crippen LogP contribution < -0.4 is 4.90 Å². The third-order valence-corrected chi connectivity index (χ3v) is 4.88. The highest BCUT2D eigenvalue weighted by Gasteiger charge is 2.33. The van der Waals surface area contributed by atoms with Crippen LogP contribution in [0.1, 0.15) is 16.7 Å². The molecule has 0 aliphatic carbocycles. The summed E-state index contributed by atoms with van der Waals surface area (Å²) in [6.07, 6.45) is 1.81. The van der Waals surface area contributed by atoms with E-state index in [1.54, 1.807) is 4.90 Å². The molecule has 4 rings (SSSR count). The van der Waals surface area contributed by atoms with Crippen molar-refractivity contribution in [1.29, 1.82) is 0 Å². The van der Waals surface area contributed by atoms with Crippen LogP contribution >= 0.6 is 11.6 Å². The number of aliphatic imine (C=N–C) groups is 1. The smallest absolute Gasteiger partial charge is 0.266 e. The topological polar surface area (TPSA) is 32.7 Å². The lowest BCUT2D eigenvalue weighted by atomic mass is 10.1. The lowest BCUT2D eigenvalue weighted by Gasteiger charge is -2.21. The zero-order valence-electron chi connectivity index (χ0n) is 14.8. The van der Waals surface area contributed by atoms with Crippen molar-refractivity contribution in [1.82, 2.24) is 0 Å². The van der Waals surface area contributed by atoms with Gasteiger partial charge < -0.3 is 0 Å². The molecule has 0 saturated heterocycles. The second-order valence-corrected chi connectivity index (χ2v) is 6.67. The maximum Gasteiger partial charge on any atom is 0.282 e. The van der Waals surface area contributed by atoms with E-state index in [9.17, 15) is 4.79 Å². The highest BCUT2D eigenvalue weighted by molar-refractivity contribution is 6.35. The van der Waals surface area contributed by atoms with Gasteiger partial charge in [0.1, 0.15) is 11.5 Å². The summed E-state index contributed by atoms with van der Waals surface area (Å²) in [5.74, 6) is 0.441. The van der Waals surface area contributed by atoms with Gasteiger partial charge in [0.25, 0.3) is 5.91 Å². The van der Waals surface area contributed by atoms with Crippen LogP contribution in [0.15, 0.2) is 89.6 Å². The first kappa shape index (κ1) is 17.3. The standard InChI is InChI=1S/C23H17ClN2O/c1-16-19(24)13-8-14-21(16)26-22(18-11-6-3-7-12-18)25-20(23(26)27)15-17-9-4-2-5-10-17/h2-15H,1H3. The number of carbonyl (C=O) groups excluding carboxylic acids is 1. The van der Waals surface area contributed by atoms with E-state index in [-0.39, 0.29) is 5.91 Å². The Morgan fingerprint density at radius 3 is 2.26 bits per heavy atom. The minimum atomic E-state index is -0.164. The minimum absolute atomic E-state index is 0.164. The van der Waals surface area contributed by atoms with Crippen LogP contribution in [-0.2, 0) is 4.79 Å². The Bertz CT molecular complexity index is 1060. The lowest BCUT2D eigenvalue weighted by molar-refractivity contribution is -0.113. The molecule has 4 heteroatoms. The Kier molecular flexibility index (Phi) is 4.61. The van der Waals surface area contributed by atoms with Crippen LogP contribution in [0.25, 0.3) is 6.08 Å². The van der Waals surface area contributed by atoms with Gasteiger partial charge in [-0.3, -0.25) is 9.69 Å². The molecule has 0 spiro atoms. The van der Waals surface area contributed by atoms with Crippen LogP contribution in [0.2, 0.25) is 5.02 Å². The van der Waals surface area contributed by atoms with Crippen molar-refractivity contribution in [3.05, 3.63) is 106 Å². The summed E-state index contributed by atoms with van der Waals surface area (Å²) >= 11 is 6.31. The molecule has 3 nitrogen and oxygen atoms in total. The van der Waals surface area contributed by atoms with Crippen molar-refractivity contribution in [2.45, 2.75) is 6.92 Å². The number of carbonyl (C=O) groups is 1. The molecular weight excluding hydrogens is 356 g/mol. The molecule has 3 aromatic carbocycles. The van der Waals surface area contributed by atoms with Crippen molar-refractivity contribution in [2.75, 3.05) is 4.90 Å². The third-order valence-electron chi connectivity index (χ3n) is 4.48. The monoisotopic (exact) mass is 372 g/mol. The maximum atomic E-state index is 13.3. The fraction of sp³-hybridized carbons (Fsp3) is 0.0435. The Morgan fingerprint density at radius 1 is 0.889 bits per heavy atom. The third kappa shape index (κ3) is 3.29. The van der Waals surface area contributed by atoms with Crippen LogP contribution in [0.3, 0.4) is 0 Å². The van der Waals surface area contributed by atoms with Crippen molar-refractivity contribution in [2.24, 2.45) is 4.99 Å². The van der Waals surface area contributed by atoms with Crippen LogP contribution in [0.4, 0.5) is 5.69 Å². The van der Waals surface area contributed by atoms with Gasteiger partial charge in [-0.25, -0.2) is 4.99 Å². The lowest BCUT2D eigenvalue weighted by Crippen LogP contribution is -2.33. The first-order chi connectivity index (χ1) is 13.1. The van der Waals surface area contributed by atoms with Crippen molar-refractivity contribution in [3.63, 3.8) is 0 Å². The molecule has 1 aliphatic rings. The predicted octanol–water partition coefficient (Wildman–Crippen LogP) is 5.48. The molecule has 132 valence electrons. The summed E-state index contributed by atoms with van der Waals surface area (Å²) in [6.45, 7) is 1.91. The number of hydrogen-bond acceptors (Lipinski definition) is 2. The second kappa shape index (κ2) is 7.22. The summed E-state index contributed by atoms with van der Waals surface area (Å²) in [6, 6.07) is 25.0. The van der Waals surface area contributed by atoms with E-state index in [1.807, 2.05) is 91.9 Å². The number of amidine groups is 1. The van der Waals surface area contributed by atoms with Crippen molar-refractivity contribution < 1.29 is 4.79 Å². The molecular formula is C23H17ClN2O. The molecule has 0 radical (unpaired) electrons.